The van der Waals surface area contributed by atoms with Crippen molar-refractivity contribution in [1.82, 2.24) is 4.98 Å². The number of aromatic nitrogens is 1. The number of hydrogen-bond acceptors (Lipinski definition) is 5. The fourth-order valence-corrected chi connectivity index (χ4v) is 1.47. The monoisotopic (exact) mass is 227 g/mol. The van der Waals surface area contributed by atoms with E-state index in [0.29, 0.717) is 0 Å². The summed E-state index contributed by atoms with van der Waals surface area (Å²) in [5, 5.41) is 27.3. The lowest BCUT2D eigenvalue weighted by Crippen LogP contribution is -2.12. The van der Waals surface area contributed by atoms with E-state index in [0.717, 1.165) is 0 Å². The van der Waals surface area contributed by atoms with Gasteiger partial charge in [0.05, 0.1) is 11.8 Å². The van der Waals surface area contributed by atoms with E-state index in [-0.39, 0.29) is 22.5 Å². The van der Waals surface area contributed by atoms with E-state index in [1.165, 1.54) is 12.3 Å². The molecule has 0 aliphatic rings. The Bertz CT molecular complexity index is 699. The quantitative estimate of drug-likeness (QED) is 0.756. The minimum atomic E-state index is -0.768. The third-order valence-electron chi connectivity index (χ3n) is 2.19. The maximum absolute atomic E-state index is 11.5. The fourth-order valence-electron chi connectivity index (χ4n) is 1.47. The zero-order chi connectivity index (χ0) is 12.4. The van der Waals surface area contributed by atoms with Crippen LogP contribution in [-0.2, 0) is 0 Å². The van der Waals surface area contributed by atoms with Gasteiger partial charge in [0.1, 0.15) is 29.0 Å². The molecule has 0 fully saturated rings. The number of hydrogen-bond donors (Lipinski definition) is 2. The van der Waals surface area contributed by atoms with Gasteiger partial charge in [0, 0.05) is 0 Å². The van der Waals surface area contributed by atoms with E-state index in [4.69, 9.17) is 14.9 Å². The SMILES string of the molecule is N#Cc1c(O)[nH]c(=O)c(C#N)c1-c1ccco1. The van der Waals surface area contributed by atoms with Gasteiger partial charge in [0.15, 0.2) is 0 Å². The first-order valence-electron chi connectivity index (χ1n) is 4.52. The lowest BCUT2D eigenvalue weighted by molar-refractivity contribution is 0.449. The molecular weight excluding hydrogens is 222 g/mol. The number of nitriles is 2. The second-order valence-corrected chi connectivity index (χ2v) is 3.13. The number of aromatic hydroxyl groups is 1. The third kappa shape index (κ3) is 1.54. The van der Waals surface area contributed by atoms with Gasteiger partial charge in [-0.1, -0.05) is 0 Å². The van der Waals surface area contributed by atoms with Crippen molar-refractivity contribution in [3.63, 3.8) is 0 Å². The van der Waals surface area contributed by atoms with Gasteiger partial charge in [-0.3, -0.25) is 9.78 Å². The molecule has 0 radical (unpaired) electrons. The van der Waals surface area contributed by atoms with Crippen molar-refractivity contribution in [2.45, 2.75) is 0 Å². The zero-order valence-electron chi connectivity index (χ0n) is 8.39. The fraction of sp³-hybridized carbons (Fsp3) is 0. The summed E-state index contributed by atoms with van der Waals surface area (Å²) in [5.74, 6) is -0.401. The van der Waals surface area contributed by atoms with Crippen molar-refractivity contribution in [2.75, 3.05) is 0 Å². The predicted octanol–water partition coefficient (Wildman–Crippen LogP) is 1.08. The molecule has 0 saturated heterocycles. The molecule has 2 N–H and O–H groups in total. The molecular formula is C11H5N3O3. The number of nitrogens with zero attached hydrogens (tertiary/aromatic N) is 2. The summed E-state index contributed by atoms with van der Waals surface area (Å²) < 4.78 is 5.05. The topological polar surface area (TPSA) is 114 Å². The average Bonchev–Trinajstić information content (AvgIpc) is 2.81. The highest BCUT2D eigenvalue weighted by atomic mass is 16.3. The van der Waals surface area contributed by atoms with Crippen molar-refractivity contribution in [3.8, 4) is 29.3 Å². The second kappa shape index (κ2) is 3.87. The van der Waals surface area contributed by atoms with Crippen LogP contribution in [0.4, 0.5) is 0 Å². The largest absolute Gasteiger partial charge is 0.494 e. The van der Waals surface area contributed by atoms with E-state index in [2.05, 4.69) is 0 Å². The van der Waals surface area contributed by atoms with Crippen molar-refractivity contribution in [2.24, 2.45) is 0 Å². The van der Waals surface area contributed by atoms with Gasteiger partial charge in [-0.25, -0.2) is 0 Å². The number of furan rings is 1. The molecule has 2 heterocycles. The number of aromatic amines is 1. The van der Waals surface area contributed by atoms with Gasteiger partial charge in [-0.05, 0) is 12.1 Å². The van der Waals surface area contributed by atoms with Crippen molar-refractivity contribution < 1.29 is 9.52 Å². The molecule has 0 aliphatic heterocycles. The molecule has 6 heteroatoms. The van der Waals surface area contributed by atoms with Crippen LogP contribution in [-0.4, -0.2) is 10.1 Å². The predicted molar refractivity (Wildman–Crippen MR) is 55.9 cm³/mol. The minimum Gasteiger partial charge on any atom is -0.494 e. The van der Waals surface area contributed by atoms with Crippen molar-refractivity contribution in [1.29, 1.82) is 10.5 Å². The maximum Gasteiger partial charge on any atom is 0.269 e. The summed E-state index contributed by atoms with van der Waals surface area (Å²) in [6, 6.07) is 6.46. The van der Waals surface area contributed by atoms with Gasteiger partial charge in [0.25, 0.3) is 5.56 Å². The third-order valence-corrected chi connectivity index (χ3v) is 2.19. The zero-order valence-corrected chi connectivity index (χ0v) is 8.39. The highest BCUT2D eigenvalue weighted by molar-refractivity contribution is 5.74. The molecule has 0 aromatic carbocycles. The first kappa shape index (κ1) is 10.5. The highest BCUT2D eigenvalue weighted by Gasteiger charge is 2.20. The molecule has 2 aromatic heterocycles. The van der Waals surface area contributed by atoms with Gasteiger partial charge in [-0.2, -0.15) is 10.5 Å². The lowest BCUT2D eigenvalue weighted by atomic mass is 10.0. The Morgan fingerprint density at radius 2 is 2.00 bits per heavy atom. The standard InChI is InChI=1S/C11H5N3O3/c12-4-6-9(8-2-1-3-17-8)7(5-13)11(16)14-10(6)15/h1-3H,(H2,14,15,16). The van der Waals surface area contributed by atoms with Gasteiger partial charge in [-0.15, -0.1) is 0 Å². The Morgan fingerprint density at radius 1 is 1.29 bits per heavy atom. The van der Waals surface area contributed by atoms with Crippen LogP contribution in [0.3, 0.4) is 0 Å². The molecule has 0 bridgehead atoms. The summed E-state index contributed by atoms with van der Waals surface area (Å²) >= 11 is 0. The van der Waals surface area contributed by atoms with Crippen LogP contribution >= 0.6 is 0 Å². The summed E-state index contributed by atoms with van der Waals surface area (Å²) in [6.07, 6.45) is 1.34. The Balaban J connectivity index is 2.95. The summed E-state index contributed by atoms with van der Waals surface area (Å²) in [5.41, 5.74) is -1.23. The van der Waals surface area contributed by atoms with E-state index in [1.54, 1.807) is 18.2 Å². The number of H-pyrrole nitrogens is 1. The molecule has 0 saturated carbocycles. The van der Waals surface area contributed by atoms with Crippen LogP contribution in [0.5, 0.6) is 5.88 Å². The van der Waals surface area contributed by atoms with Crippen LogP contribution < -0.4 is 5.56 Å². The number of pyridine rings is 1. The van der Waals surface area contributed by atoms with Gasteiger partial charge >= 0.3 is 0 Å². The normalized spacial score (nSPS) is 9.53. The average molecular weight is 227 g/mol. The second-order valence-electron chi connectivity index (χ2n) is 3.13. The molecule has 0 atom stereocenters. The maximum atomic E-state index is 11.5. The van der Waals surface area contributed by atoms with Gasteiger partial charge in [0.2, 0.25) is 5.88 Å². The Labute approximate surface area is 95.0 Å². The van der Waals surface area contributed by atoms with Crippen LogP contribution in [0.25, 0.3) is 11.3 Å². The first-order valence-corrected chi connectivity index (χ1v) is 4.52. The molecule has 2 aromatic rings. The van der Waals surface area contributed by atoms with Crippen LogP contribution in [0, 0.1) is 22.7 Å². The summed E-state index contributed by atoms with van der Waals surface area (Å²) in [7, 11) is 0. The molecule has 6 nitrogen and oxygen atoms in total. The molecule has 0 aliphatic carbocycles. The highest BCUT2D eigenvalue weighted by Crippen LogP contribution is 2.29. The Hall–Kier alpha value is -2.99. The summed E-state index contributed by atoms with van der Waals surface area (Å²) in [6.45, 7) is 0. The van der Waals surface area contributed by atoms with E-state index in [1.807, 2.05) is 4.98 Å². The smallest absolute Gasteiger partial charge is 0.269 e. The Morgan fingerprint density at radius 3 is 2.53 bits per heavy atom. The first-order chi connectivity index (χ1) is 8.19. The molecule has 17 heavy (non-hydrogen) atoms. The van der Waals surface area contributed by atoms with E-state index >= 15 is 0 Å². The molecule has 0 unspecified atom stereocenters. The lowest BCUT2D eigenvalue weighted by Gasteiger charge is -2.04. The minimum absolute atomic E-state index is 0.00116. The number of rotatable bonds is 1. The van der Waals surface area contributed by atoms with E-state index < -0.39 is 11.4 Å². The van der Waals surface area contributed by atoms with Crippen LogP contribution in [0.1, 0.15) is 11.1 Å². The summed E-state index contributed by atoms with van der Waals surface area (Å²) in [4.78, 5) is 13.5. The van der Waals surface area contributed by atoms with Crippen molar-refractivity contribution in [3.05, 3.63) is 39.9 Å². The molecule has 2 rings (SSSR count). The number of nitrogens with one attached hydrogen (secondary N) is 1. The van der Waals surface area contributed by atoms with Crippen molar-refractivity contribution >= 4 is 0 Å². The molecule has 0 amide bonds. The Kier molecular flexibility index (Phi) is 2.40. The van der Waals surface area contributed by atoms with E-state index in [9.17, 15) is 9.90 Å². The van der Waals surface area contributed by atoms with Crippen LogP contribution in [0.15, 0.2) is 27.6 Å². The molecule has 82 valence electrons. The van der Waals surface area contributed by atoms with Crippen LogP contribution in [0.2, 0.25) is 0 Å². The molecule has 0 spiro atoms. The van der Waals surface area contributed by atoms with Gasteiger partial charge < -0.3 is 9.52 Å².